The minimum Gasteiger partial charge on any atom is -0.328 e. The number of rotatable bonds is 6. The van der Waals surface area contributed by atoms with Crippen molar-refractivity contribution in [1.82, 2.24) is 0 Å². The van der Waals surface area contributed by atoms with E-state index in [-0.39, 0.29) is 0 Å². The van der Waals surface area contributed by atoms with Gasteiger partial charge in [-0.25, -0.2) is 0 Å². The monoisotopic (exact) mass is 186 g/mol. The molecule has 0 saturated carbocycles. The SMILES string of the molecule is CC(C)CC[N+](C)(C)CCC(C)C. The van der Waals surface area contributed by atoms with E-state index >= 15 is 0 Å². The van der Waals surface area contributed by atoms with Crippen LogP contribution in [0.3, 0.4) is 0 Å². The Hall–Kier alpha value is -0.0400. The van der Waals surface area contributed by atoms with Crippen molar-refractivity contribution in [2.45, 2.75) is 40.5 Å². The fourth-order valence-corrected chi connectivity index (χ4v) is 1.33. The zero-order chi connectivity index (χ0) is 10.5. The first kappa shape index (κ1) is 13.0. The zero-order valence-electron chi connectivity index (χ0n) is 10.4. The number of hydrogen-bond acceptors (Lipinski definition) is 0. The Kier molecular flexibility index (Phi) is 5.62. The Bertz CT molecular complexity index is 111. The average Bonchev–Trinajstić information content (AvgIpc) is 1.98. The molecule has 0 radical (unpaired) electrons. The van der Waals surface area contributed by atoms with Crippen LogP contribution in [-0.2, 0) is 0 Å². The predicted octanol–water partition coefficient (Wildman–Crippen LogP) is 3.16. The van der Waals surface area contributed by atoms with Crippen molar-refractivity contribution >= 4 is 0 Å². The Morgan fingerprint density at radius 2 is 1.08 bits per heavy atom. The quantitative estimate of drug-likeness (QED) is 0.559. The number of quaternary nitrogens is 1. The summed E-state index contributed by atoms with van der Waals surface area (Å²) in [5, 5.41) is 0. The van der Waals surface area contributed by atoms with Crippen molar-refractivity contribution in [3.05, 3.63) is 0 Å². The summed E-state index contributed by atoms with van der Waals surface area (Å²) in [7, 11) is 4.70. The number of hydrogen-bond donors (Lipinski definition) is 0. The van der Waals surface area contributed by atoms with Crippen molar-refractivity contribution in [3.63, 3.8) is 0 Å². The van der Waals surface area contributed by atoms with Crippen LogP contribution in [0.4, 0.5) is 0 Å². The number of nitrogens with zero attached hydrogens (tertiary/aromatic N) is 1. The van der Waals surface area contributed by atoms with Gasteiger partial charge in [0, 0.05) is 0 Å². The van der Waals surface area contributed by atoms with Gasteiger partial charge in [-0.2, -0.15) is 0 Å². The largest absolute Gasteiger partial charge is 0.328 e. The van der Waals surface area contributed by atoms with Crippen molar-refractivity contribution in [3.8, 4) is 0 Å². The van der Waals surface area contributed by atoms with E-state index < -0.39 is 0 Å². The van der Waals surface area contributed by atoms with Crippen LogP contribution in [0.15, 0.2) is 0 Å². The van der Waals surface area contributed by atoms with E-state index in [4.69, 9.17) is 0 Å². The summed E-state index contributed by atoms with van der Waals surface area (Å²) in [6, 6.07) is 0. The summed E-state index contributed by atoms with van der Waals surface area (Å²) >= 11 is 0. The van der Waals surface area contributed by atoms with E-state index in [9.17, 15) is 0 Å². The molecule has 1 heteroatoms. The smallest absolute Gasteiger partial charge is 0.0784 e. The summed E-state index contributed by atoms with van der Waals surface area (Å²) < 4.78 is 1.19. The molecule has 0 aliphatic heterocycles. The summed E-state index contributed by atoms with van der Waals surface area (Å²) in [5.41, 5.74) is 0. The molecule has 0 unspecified atom stereocenters. The molecule has 0 N–H and O–H groups in total. The van der Waals surface area contributed by atoms with Gasteiger partial charge in [0.15, 0.2) is 0 Å². The minimum absolute atomic E-state index is 0.844. The van der Waals surface area contributed by atoms with Crippen LogP contribution in [0.2, 0.25) is 0 Å². The zero-order valence-corrected chi connectivity index (χ0v) is 10.4. The molecule has 1 nitrogen and oxygen atoms in total. The molecule has 0 aromatic heterocycles. The lowest BCUT2D eigenvalue weighted by molar-refractivity contribution is -0.891. The van der Waals surface area contributed by atoms with Gasteiger partial charge in [-0.15, -0.1) is 0 Å². The molecule has 0 heterocycles. The Labute approximate surface area is 84.7 Å². The minimum atomic E-state index is 0.844. The molecular weight excluding hydrogens is 158 g/mol. The normalized spacial score (nSPS) is 12.9. The highest BCUT2D eigenvalue weighted by molar-refractivity contribution is 4.47. The average molecular weight is 186 g/mol. The molecule has 0 bridgehead atoms. The molecule has 0 aromatic rings. The second kappa shape index (κ2) is 5.64. The molecule has 0 amide bonds. The predicted molar refractivity (Wildman–Crippen MR) is 60.8 cm³/mol. The van der Waals surface area contributed by atoms with Gasteiger partial charge in [0.25, 0.3) is 0 Å². The van der Waals surface area contributed by atoms with Gasteiger partial charge in [0.2, 0.25) is 0 Å². The van der Waals surface area contributed by atoms with Gasteiger partial charge >= 0.3 is 0 Å². The van der Waals surface area contributed by atoms with Gasteiger partial charge in [-0.05, 0) is 24.7 Å². The third-order valence-corrected chi connectivity index (χ3v) is 2.62. The summed E-state index contributed by atoms with van der Waals surface area (Å²) in [4.78, 5) is 0. The van der Waals surface area contributed by atoms with Crippen LogP contribution < -0.4 is 0 Å². The maximum absolute atomic E-state index is 2.35. The topological polar surface area (TPSA) is 0 Å². The molecule has 0 aliphatic rings. The Balaban J connectivity index is 3.66. The Morgan fingerprint density at radius 1 is 0.769 bits per heavy atom. The fourth-order valence-electron chi connectivity index (χ4n) is 1.33. The van der Waals surface area contributed by atoms with Crippen LogP contribution in [0.1, 0.15) is 40.5 Å². The molecule has 0 saturated heterocycles. The fraction of sp³-hybridized carbons (Fsp3) is 1.00. The van der Waals surface area contributed by atoms with Gasteiger partial charge in [-0.3, -0.25) is 0 Å². The van der Waals surface area contributed by atoms with E-state index in [0.717, 1.165) is 11.8 Å². The molecule has 13 heavy (non-hydrogen) atoms. The van der Waals surface area contributed by atoms with Gasteiger partial charge in [0.1, 0.15) is 0 Å². The summed E-state index contributed by atoms with van der Waals surface area (Å²) in [5.74, 6) is 1.69. The van der Waals surface area contributed by atoms with Gasteiger partial charge < -0.3 is 4.48 Å². The lowest BCUT2D eigenvalue weighted by Gasteiger charge is -2.31. The van der Waals surface area contributed by atoms with Crippen LogP contribution in [0.5, 0.6) is 0 Å². The van der Waals surface area contributed by atoms with E-state index in [1.54, 1.807) is 0 Å². The third kappa shape index (κ3) is 8.29. The maximum atomic E-state index is 2.35. The van der Waals surface area contributed by atoms with Gasteiger partial charge in [-0.1, -0.05) is 27.7 Å². The Morgan fingerprint density at radius 3 is 1.31 bits per heavy atom. The molecule has 0 aromatic carbocycles. The standard InChI is InChI=1S/C12H28N/c1-11(2)7-9-13(5,6)10-8-12(3)4/h11-12H,7-10H2,1-6H3/q+1. The highest BCUT2D eigenvalue weighted by Crippen LogP contribution is 2.10. The molecule has 0 aliphatic carbocycles. The highest BCUT2D eigenvalue weighted by atomic mass is 15.3. The van der Waals surface area contributed by atoms with Crippen LogP contribution in [0, 0.1) is 11.8 Å². The molecule has 80 valence electrons. The van der Waals surface area contributed by atoms with E-state index in [1.807, 2.05) is 0 Å². The molecule has 0 fully saturated rings. The van der Waals surface area contributed by atoms with Crippen LogP contribution >= 0.6 is 0 Å². The van der Waals surface area contributed by atoms with E-state index in [2.05, 4.69) is 41.8 Å². The first-order valence-corrected chi connectivity index (χ1v) is 5.65. The first-order chi connectivity index (χ1) is 5.83. The second-order valence-corrected chi connectivity index (χ2v) is 5.75. The first-order valence-electron chi connectivity index (χ1n) is 5.65. The second-order valence-electron chi connectivity index (χ2n) is 5.75. The van der Waals surface area contributed by atoms with E-state index in [0.29, 0.717) is 0 Å². The molecule has 0 spiro atoms. The summed E-state index contributed by atoms with van der Waals surface area (Å²) in [6.45, 7) is 11.9. The molecule has 0 atom stereocenters. The summed E-state index contributed by atoms with van der Waals surface area (Å²) in [6.07, 6.45) is 2.70. The van der Waals surface area contributed by atoms with Gasteiger partial charge in [0.05, 0.1) is 27.2 Å². The molecule has 0 rings (SSSR count). The lowest BCUT2D eigenvalue weighted by Crippen LogP contribution is -2.42. The van der Waals surface area contributed by atoms with Crippen molar-refractivity contribution in [2.24, 2.45) is 11.8 Å². The third-order valence-electron chi connectivity index (χ3n) is 2.62. The van der Waals surface area contributed by atoms with E-state index in [1.165, 1.54) is 30.4 Å². The highest BCUT2D eigenvalue weighted by Gasteiger charge is 2.15. The van der Waals surface area contributed by atoms with Crippen LogP contribution in [-0.4, -0.2) is 31.7 Å². The maximum Gasteiger partial charge on any atom is 0.0784 e. The lowest BCUT2D eigenvalue weighted by atomic mass is 10.1. The van der Waals surface area contributed by atoms with Crippen LogP contribution in [0.25, 0.3) is 0 Å². The van der Waals surface area contributed by atoms with Crippen molar-refractivity contribution in [2.75, 3.05) is 27.2 Å². The van der Waals surface area contributed by atoms with Crippen molar-refractivity contribution in [1.29, 1.82) is 0 Å². The molecular formula is C12H28N+. The van der Waals surface area contributed by atoms with Crippen molar-refractivity contribution < 1.29 is 4.48 Å².